The van der Waals surface area contributed by atoms with E-state index < -0.39 is 66.0 Å². The minimum absolute atomic E-state index is 0.159. The number of hydrogen-bond acceptors (Lipinski definition) is 3. The van der Waals surface area contributed by atoms with Crippen LogP contribution in [0.5, 0.6) is 0 Å². The van der Waals surface area contributed by atoms with Crippen molar-refractivity contribution in [3.8, 4) is 0 Å². The summed E-state index contributed by atoms with van der Waals surface area (Å²) < 4.78 is 227. The Bertz CT molecular complexity index is 833. The van der Waals surface area contributed by atoms with E-state index in [0.29, 0.717) is 12.8 Å². The standard InChI is InChI=1S/C18H17F17O3/c1-2-3-4-5-6-7-8-9(36)38-10(37)11(19,20)12(21,22)13(23,24)14(25,26)15(27,28)16(29,30)17(31,32)18(33,34)35/h2-8H2,1H3. The van der Waals surface area contributed by atoms with E-state index in [9.17, 15) is 84.2 Å². The highest BCUT2D eigenvalue weighted by Gasteiger charge is 2.96. The third-order valence-corrected chi connectivity index (χ3v) is 4.92. The van der Waals surface area contributed by atoms with Gasteiger partial charge in [-0.2, -0.15) is 74.6 Å². The second-order valence-corrected chi connectivity index (χ2v) is 7.80. The van der Waals surface area contributed by atoms with Gasteiger partial charge in [-0.15, -0.1) is 0 Å². The van der Waals surface area contributed by atoms with E-state index in [1.807, 2.05) is 6.92 Å². The van der Waals surface area contributed by atoms with Crippen LogP contribution in [0.25, 0.3) is 0 Å². The first-order valence-electron chi connectivity index (χ1n) is 10.1. The molecule has 0 N–H and O–H groups in total. The highest BCUT2D eigenvalue weighted by Crippen LogP contribution is 2.64. The maximum absolute atomic E-state index is 13.7. The Hall–Kier alpha value is -2.05. The molecule has 0 aliphatic heterocycles. The van der Waals surface area contributed by atoms with Crippen LogP contribution in [-0.4, -0.2) is 59.6 Å². The van der Waals surface area contributed by atoms with Crippen LogP contribution >= 0.6 is 0 Å². The Balaban J connectivity index is 6.08. The van der Waals surface area contributed by atoms with E-state index >= 15 is 0 Å². The van der Waals surface area contributed by atoms with Gasteiger partial charge in [-0.05, 0) is 6.42 Å². The molecule has 20 heteroatoms. The van der Waals surface area contributed by atoms with Crippen molar-refractivity contribution >= 4 is 11.9 Å². The first kappa shape index (κ1) is 35.9. The Morgan fingerprint density at radius 1 is 0.500 bits per heavy atom. The van der Waals surface area contributed by atoms with Crippen LogP contribution in [0.2, 0.25) is 0 Å². The van der Waals surface area contributed by atoms with Gasteiger partial charge in [-0.25, -0.2) is 4.79 Å². The zero-order chi connectivity index (χ0) is 30.8. The Morgan fingerprint density at radius 3 is 1.24 bits per heavy atom. The van der Waals surface area contributed by atoms with E-state index in [1.54, 1.807) is 0 Å². The van der Waals surface area contributed by atoms with Crippen LogP contribution in [0.4, 0.5) is 74.6 Å². The normalized spacial score (nSPS) is 15.0. The van der Waals surface area contributed by atoms with E-state index in [-0.39, 0.29) is 12.8 Å². The lowest BCUT2D eigenvalue weighted by molar-refractivity contribution is -0.459. The highest BCUT2D eigenvalue weighted by atomic mass is 19.4. The van der Waals surface area contributed by atoms with Gasteiger partial charge in [0.15, 0.2) is 0 Å². The molecule has 0 unspecified atom stereocenters. The number of halogens is 17. The zero-order valence-corrected chi connectivity index (χ0v) is 18.6. The van der Waals surface area contributed by atoms with Crippen LogP contribution in [0.1, 0.15) is 51.9 Å². The van der Waals surface area contributed by atoms with Gasteiger partial charge >= 0.3 is 59.6 Å². The number of carbonyl (C=O) groups is 2. The molecule has 0 aromatic carbocycles. The quantitative estimate of drug-likeness (QED) is 0.0880. The van der Waals surface area contributed by atoms with Crippen molar-refractivity contribution in [3.63, 3.8) is 0 Å². The molecule has 0 aliphatic rings. The van der Waals surface area contributed by atoms with Crippen LogP contribution in [0.15, 0.2) is 0 Å². The molecule has 3 nitrogen and oxygen atoms in total. The van der Waals surface area contributed by atoms with Crippen LogP contribution in [0.3, 0.4) is 0 Å². The molecule has 0 amide bonds. The minimum atomic E-state index is -8.81. The Kier molecular flexibility index (Phi) is 10.6. The largest absolute Gasteiger partial charge is 0.460 e. The summed E-state index contributed by atoms with van der Waals surface area (Å²) >= 11 is 0. The number of unbranched alkanes of at least 4 members (excludes halogenated alkanes) is 5. The molecule has 38 heavy (non-hydrogen) atoms. The fraction of sp³-hybridized carbons (Fsp3) is 0.889. The summed E-state index contributed by atoms with van der Waals surface area (Å²) in [7, 11) is 0. The van der Waals surface area contributed by atoms with E-state index in [4.69, 9.17) is 0 Å². The van der Waals surface area contributed by atoms with E-state index in [2.05, 4.69) is 4.74 Å². The molecule has 0 atom stereocenters. The van der Waals surface area contributed by atoms with Gasteiger partial charge in [-0.1, -0.05) is 39.0 Å². The van der Waals surface area contributed by atoms with Gasteiger partial charge in [0.2, 0.25) is 0 Å². The zero-order valence-electron chi connectivity index (χ0n) is 18.6. The lowest BCUT2D eigenvalue weighted by atomic mass is 9.89. The molecule has 0 aromatic rings. The lowest BCUT2D eigenvalue weighted by Gasteiger charge is -2.42. The number of rotatable bonds is 14. The molecular formula is C18H17F17O3. The second kappa shape index (κ2) is 11.2. The SMILES string of the molecule is CCCCCCCCC(=O)OC(=O)C(F)(F)C(F)(F)C(F)(F)C(F)(F)C(F)(F)C(F)(F)C(F)(F)C(F)(F)F. The lowest BCUT2D eigenvalue weighted by Crippen LogP contribution is -2.75. The van der Waals surface area contributed by atoms with Crippen molar-refractivity contribution in [2.24, 2.45) is 0 Å². The van der Waals surface area contributed by atoms with Crippen LogP contribution in [0, 0.1) is 0 Å². The predicted molar refractivity (Wildman–Crippen MR) is 89.8 cm³/mol. The molecule has 0 aromatic heterocycles. The second-order valence-electron chi connectivity index (χ2n) is 7.80. The molecule has 0 radical (unpaired) electrons. The summed E-state index contributed by atoms with van der Waals surface area (Å²) in [5.74, 6) is -65.0. The molecule has 0 rings (SSSR count). The van der Waals surface area contributed by atoms with Crippen LogP contribution in [-0.2, 0) is 14.3 Å². The average Bonchev–Trinajstić information content (AvgIpc) is 2.74. The van der Waals surface area contributed by atoms with Gasteiger partial charge in [0.05, 0.1) is 0 Å². The monoisotopic (exact) mass is 604 g/mol. The van der Waals surface area contributed by atoms with Crippen molar-refractivity contribution in [2.45, 2.75) is 99.5 Å². The fourth-order valence-electron chi connectivity index (χ4n) is 2.56. The average molecular weight is 604 g/mol. The molecule has 0 saturated carbocycles. The number of esters is 2. The van der Waals surface area contributed by atoms with Crippen molar-refractivity contribution in [3.05, 3.63) is 0 Å². The predicted octanol–water partition coefficient (Wildman–Crippen LogP) is 7.82. The summed E-state index contributed by atoms with van der Waals surface area (Å²) in [5, 5.41) is 0. The Morgan fingerprint density at radius 2 is 0.842 bits per heavy atom. The third kappa shape index (κ3) is 5.91. The molecule has 0 heterocycles. The first-order valence-corrected chi connectivity index (χ1v) is 10.1. The topological polar surface area (TPSA) is 43.4 Å². The van der Waals surface area contributed by atoms with Gasteiger partial charge < -0.3 is 4.74 Å². The van der Waals surface area contributed by atoms with Gasteiger partial charge in [0.25, 0.3) is 0 Å². The van der Waals surface area contributed by atoms with Gasteiger partial charge in [0, 0.05) is 6.42 Å². The van der Waals surface area contributed by atoms with Crippen molar-refractivity contribution in [1.29, 1.82) is 0 Å². The van der Waals surface area contributed by atoms with Crippen molar-refractivity contribution in [2.75, 3.05) is 0 Å². The first-order chi connectivity index (χ1) is 16.6. The third-order valence-electron chi connectivity index (χ3n) is 4.92. The number of ether oxygens (including phenoxy) is 1. The summed E-state index contributed by atoms with van der Waals surface area (Å²) in [6.45, 7) is 1.81. The van der Waals surface area contributed by atoms with Gasteiger partial charge in [0.1, 0.15) is 0 Å². The number of alkyl halides is 17. The summed E-state index contributed by atoms with van der Waals surface area (Å²) in [5.41, 5.74) is 0. The fourth-order valence-corrected chi connectivity index (χ4v) is 2.56. The van der Waals surface area contributed by atoms with Crippen molar-refractivity contribution < 1.29 is 89.0 Å². The maximum Gasteiger partial charge on any atom is 0.460 e. The summed E-state index contributed by atoms with van der Waals surface area (Å²) in [6.07, 6.45) is -6.46. The smallest absolute Gasteiger partial charge is 0.388 e. The summed E-state index contributed by atoms with van der Waals surface area (Å²) in [4.78, 5) is 22.4. The molecular weight excluding hydrogens is 587 g/mol. The summed E-state index contributed by atoms with van der Waals surface area (Å²) in [6, 6.07) is 0. The highest BCUT2D eigenvalue weighted by molar-refractivity contribution is 5.90. The maximum atomic E-state index is 13.7. The van der Waals surface area contributed by atoms with Gasteiger partial charge in [-0.3, -0.25) is 4.79 Å². The minimum Gasteiger partial charge on any atom is -0.388 e. The number of carbonyl (C=O) groups excluding carboxylic acids is 2. The Labute approximate surface area is 201 Å². The van der Waals surface area contributed by atoms with E-state index in [1.165, 1.54) is 0 Å². The molecule has 0 bridgehead atoms. The molecule has 0 fully saturated rings. The molecule has 226 valence electrons. The van der Waals surface area contributed by atoms with Crippen LogP contribution < -0.4 is 0 Å². The molecule has 0 aliphatic carbocycles. The molecule has 0 spiro atoms. The van der Waals surface area contributed by atoms with E-state index in [0.717, 1.165) is 12.8 Å². The molecule has 0 saturated heterocycles. The van der Waals surface area contributed by atoms with Crippen molar-refractivity contribution in [1.82, 2.24) is 0 Å². The number of hydrogen-bond donors (Lipinski definition) is 0.